The van der Waals surface area contributed by atoms with Crippen LogP contribution in [-0.2, 0) is 6.54 Å². The molecule has 6 heteroatoms. The van der Waals surface area contributed by atoms with E-state index in [4.69, 9.17) is 9.15 Å². The molecule has 0 fully saturated rings. The molecule has 2 aromatic heterocycles. The number of hydrogen-bond donors (Lipinski definition) is 2. The van der Waals surface area contributed by atoms with Gasteiger partial charge in [0.25, 0.3) is 5.91 Å². The van der Waals surface area contributed by atoms with Crippen molar-refractivity contribution in [3.8, 4) is 5.75 Å². The number of aromatic amines is 1. The van der Waals surface area contributed by atoms with Gasteiger partial charge in [-0.25, -0.2) is 0 Å². The Kier molecular flexibility index (Phi) is 5.16. The third-order valence-electron chi connectivity index (χ3n) is 4.67. The van der Waals surface area contributed by atoms with Crippen LogP contribution in [0.25, 0.3) is 23.1 Å². The molecule has 0 saturated carbocycles. The van der Waals surface area contributed by atoms with E-state index in [1.54, 1.807) is 31.6 Å². The van der Waals surface area contributed by atoms with Crippen LogP contribution in [0.1, 0.15) is 32.9 Å². The number of aromatic nitrogens is 2. The highest BCUT2D eigenvalue weighted by atomic mass is 16.5. The number of H-pyrrole nitrogens is 1. The number of nitrogens with one attached hydrogen (secondary N) is 2. The van der Waals surface area contributed by atoms with Crippen molar-refractivity contribution in [2.45, 2.75) is 13.5 Å². The first-order valence-electron chi connectivity index (χ1n) is 9.26. The maximum absolute atomic E-state index is 12.7. The van der Waals surface area contributed by atoms with Crippen molar-refractivity contribution in [1.82, 2.24) is 15.5 Å². The van der Waals surface area contributed by atoms with E-state index in [-0.39, 0.29) is 5.91 Å². The lowest BCUT2D eigenvalue weighted by molar-refractivity contribution is 0.0945. The lowest BCUT2D eigenvalue weighted by Crippen LogP contribution is -2.23. The molecule has 6 nitrogen and oxygen atoms in total. The fraction of sp³-hybridized carbons (Fsp3) is 0.130. The summed E-state index contributed by atoms with van der Waals surface area (Å²) >= 11 is 0. The smallest absolute Gasteiger partial charge is 0.255 e. The van der Waals surface area contributed by atoms with Crippen molar-refractivity contribution < 1.29 is 13.9 Å². The Hall–Kier alpha value is -3.80. The summed E-state index contributed by atoms with van der Waals surface area (Å²) in [5, 5.41) is 11.0. The number of ether oxygens (including phenoxy) is 1. The van der Waals surface area contributed by atoms with Crippen LogP contribution in [0, 0.1) is 6.92 Å². The topological polar surface area (TPSA) is 80.2 Å². The van der Waals surface area contributed by atoms with Crippen molar-refractivity contribution in [1.29, 1.82) is 0 Å². The zero-order valence-corrected chi connectivity index (χ0v) is 16.2. The molecule has 0 aliphatic rings. The Morgan fingerprint density at radius 3 is 2.72 bits per heavy atom. The Morgan fingerprint density at radius 2 is 2.00 bits per heavy atom. The minimum Gasteiger partial charge on any atom is -0.495 e. The number of amides is 1. The van der Waals surface area contributed by atoms with E-state index >= 15 is 0 Å². The van der Waals surface area contributed by atoms with Gasteiger partial charge in [-0.05, 0) is 42.8 Å². The van der Waals surface area contributed by atoms with Crippen LogP contribution in [-0.4, -0.2) is 23.2 Å². The maximum Gasteiger partial charge on any atom is 0.255 e. The molecule has 2 N–H and O–H groups in total. The van der Waals surface area contributed by atoms with Gasteiger partial charge in [0.2, 0.25) is 0 Å². The standard InChI is InChI=1S/C23H21N3O3/c1-15-5-7-16(8-6-15)9-11-19-21-20(26-25-19)12-10-18(22(21)28-2)23(27)24-14-17-4-3-13-29-17/h3-13H,14H2,1-2H3,(H,24,27)(H,25,26)/b11-9+. The largest absolute Gasteiger partial charge is 0.495 e. The lowest BCUT2D eigenvalue weighted by atomic mass is 10.1. The molecule has 0 bridgehead atoms. The summed E-state index contributed by atoms with van der Waals surface area (Å²) in [5.41, 5.74) is 4.23. The normalized spacial score (nSPS) is 11.2. The van der Waals surface area contributed by atoms with Crippen LogP contribution >= 0.6 is 0 Å². The van der Waals surface area contributed by atoms with Gasteiger partial charge in [-0.2, -0.15) is 5.10 Å². The van der Waals surface area contributed by atoms with E-state index in [9.17, 15) is 4.79 Å². The number of aryl methyl sites for hydroxylation is 1. The van der Waals surface area contributed by atoms with Crippen LogP contribution in [0.3, 0.4) is 0 Å². The number of hydrogen-bond acceptors (Lipinski definition) is 4. The fourth-order valence-electron chi connectivity index (χ4n) is 3.15. The number of carbonyl (C=O) groups excluding carboxylic acids is 1. The summed E-state index contributed by atoms with van der Waals surface area (Å²) in [5.74, 6) is 0.926. The minimum atomic E-state index is -0.241. The number of furan rings is 1. The number of fused-ring (bicyclic) bond motifs is 1. The van der Waals surface area contributed by atoms with E-state index in [0.29, 0.717) is 23.6 Å². The molecule has 2 aromatic carbocycles. The molecular weight excluding hydrogens is 366 g/mol. The number of methoxy groups -OCH3 is 1. The summed E-state index contributed by atoms with van der Waals surface area (Å²) in [6.45, 7) is 2.36. The summed E-state index contributed by atoms with van der Waals surface area (Å²) in [6.07, 6.45) is 5.51. The van der Waals surface area contributed by atoms with E-state index < -0.39 is 0 Å². The molecule has 0 atom stereocenters. The highest BCUT2D eigenvalue weighted by Gasteiger charge is 2.19. The van der Waals surface area contributed by atoms with Gasteiger partial charge >= 0.3 is 0 Å². The molecule has 146 valence electrons. The first-order chi connectivity index (χ1) is 14.2. The Bertz CT molecular complexity index is 1160. The second kappa shape index (κ2) is 8.06. The van der Waals surface area contributed by atoms with Crippen molar-refractivity contribution in [2.75, 3.05) is 7.11 Å². The highest BCUT2D eigenvalue weighted by molar-refractivity contribution is 6.05. The molecule has 0 spiro atoms. The van der Waals surface area contributed by atoms with E-state index in [0.717, 1.165) is 22.2 Å². The van der Waals surface area contributed by atoms with Crippen LogP contribution < -0.4 is 10.1 Å². The van der Waals surface area contributed by atoms with Gasteiger partial charge in [-0.15, -0.1) is 0 Å². The van der Waals surface area contributed by atoms with Gasteiger partial charge < -0.3 is 14.5 Å². The second-order valence-corrected chi connectivity index (χ2v) is 6.68. The molecule has 0 aliphatic carbocycles. The number of rotatable bonds is 6. The molecule has 0 unspecified atom stereocenters. The van der Waals surface area contributed by atoms with Gasteiger partial charge in [0.15, 0.2) is 0 Å². The van der Waals surface area contributed by atoms with Crippen molar-refractivity contribution >= 4 is 29.0 Å². The Balaban J connectivity index is 1.65. The Morgan fingerprint density at radius 1 is 1.17 bits per heavy atom. The Labute approximate surface area is 168 Å². The highest BCUT2D eigenvalue weighted by Crippen LogP contribution is 2.32. The summed E-state index contributed by atoms with van der Waals surface area (Å²) in [4.78, 5) is 12.7. The first kappa shape index (κ1) is 18.6. The van der Waals surface area contributed by atoms with Crippen LogP contribution in [0.15, 0.2) is 59.2 Å². The molecule has 0 saturated heterocycles. The SMILES string of the molecule is COc1c(C(=O)NCc2ccco2)ccc2n[nH]c(/C=C/c3ccc(C)cc3)c12. The number of carbonyl (C=O) groups is 1. The quantitative estimate of drug-likeness (QED) is 0.508. The molecule has 2 heterocycles. The predicted molar refractivity (Wildman–Crippen MR) is 113 cm³/mol. The number of nitrogens with zero attached hydrogens (tertiary/aromatic N) is 1. The summed E-state index contributed by atoms with van der Waals surface area (Å²) < 4.78 is 10.9. The van der Waals surface area contributed by atoms with Gasteiger partial charge in [0.05, 0.1) is 42.1 Å². The molecule has 4 aromatic rings. The van der Waals surface area contributed by atoms with Gasteiger partial charge in [0.1, 0.15) is 11.5 Å². The molecule has 1 amide bonds. The first-order valence-corrected chi connectivity index (χ1v) is 9.26. The van der Waals surface area contributed by atoms with E-state index in [2.05, 4.69) is 46.7 Å². The van der Waals surface area contributed by atoms with Gasteiger partial charge in [0, 0.05) is 0 Å². The van der Waals surface area contributed by atoms with Crippen molar-refractivity contribution in [3.63, 3.8) is 0 Å². The molecular formula is C23H21N3O3. The van der Waals surface area contributed by atoms with Gasteiger partial charge in [-0.3, -0.25) is 9.89 Å². The molecule has 0 radical (unpaired) electrons. The zero-order chi connectivity index (χ0) is 20.2. The molecule has 0 aliphatic heterocycles. The number of benzene rings is 2. The lowest BCUT2D eigenvalue weighted by Gasteiger charge is -2.10. The third kappa shape index (κ3) is 3.91. The average Bonchev–Trinajstić information content (AvgIpc) is 3.40. The van der Waals surface area contributed by atoms with Crippen LogP contribution in [0.5, 0.6) is 5.75 Å². The average molecular weight is 387 g/mol. The fourth-order valence-corrected chi connectivity index (χ4v) is 3.15. The minimum absolute atomic E-state index is 0.241. The molecule has 29 heavy (non-hydrogen) atoms. The monoisotopic (exact) mass is 387 g/mol. The van der Waals surface area contributed by atoms with E-state index in [1.807, 2.05) is 18.2 Å². The van der Waals surface area contributed by atoms with Crippen LogP contribution in [0.2, 0.25) is 0 Å². The predicted octanol–water partition coefficient (Wildman–Crippen LogP) is 4.57. The van der Waals surface area contributed by atoms with Crippen molar-refractivity contribution in [2.24, 2.45) is 0 Å². The van der Waals surface area contributed by atoms with Crippen molar-refractivity contribution in [3.05, 3.63) is 82.9 Å². The summed E-state index contributed by atoms with van der Waals surface area (Å²) in [7, 11) is 1.55. The third-order valence-corrected chi connectivity index (χ3v) is 4.67. The zero-order valence-electron chi connectivity index (χ0n) is 16.2. The maximum atomic E-state index is 12.7. The van der Waals surface area contributed by atoms with Gasteiger partial charge in [-0.1, -0.05) is 35.9 Å². The van der Waals surface area contributed by atoms with Crippen LogP contribution in [0.4, 0.5) is 0 Å². The van der Waals surface area contributed by atoms with E-state index in [1.165, 1.54) is 5.56 Å². The molecule has 4 rings (SSSR count). The second-order valence-electron chi connectivity index (χ2n) is 6.68. The summed E-state index contributed by atoms with van der Waals surface area (Å²) in [6, 6.07) is 15.3.